The number of imidazole rings is 1. The fraction of sp³-hybridized carbons (Fsp3) is 0.425. The monoisotopic (exact) mass is 740 g/mol. The molecular weight excluding hydrogens is 695 g/mol. The number of likely N-dealkylation sites (tertiary alicyclic amines) is 1. The van der Waals surface area contributed by atoms with Crippen molar-refractivity contribution in [1.29, 1.82) is 0 Å². The van der Waals surface area contributed by atoms with Gasteiger partial charge in [0.1, 0.15) is 29.7 Å². The van der Waals surface area contributed by atoms with Gasteiger partial charge in [-0.05, 0) is 54.4 Å². The van der Waals surface area contributed by atoms with Crippen molar-refractivity contribution in [3.05, 3.63) is 89.0 Å². The van der Waals surface area contributed by atoms with Crippen LogP contribution in [-0.2, 0) is 32.2 Å². The summed E-state index contributed by atoms with van der Waals surface area (Å²) in [5.74, 6) is -0.728. The van der Waals surface area contributed by atoms with Crippen LogP contribution in [0.2, 0.25) is 0 Å². The predicted octanol–water partition coefficient (Wildman–Crippen LogP) is 4.34. The summed E-state index contributed by atoms with van der Waals surface area (Å²) in [5.41, 5.74) is 2.51. The molecule has 2 atom stereocenters. The van der Waals surface area contributed by atoms with Crippen molar-refractivity contribution >= 4 is 34.7 Å². The highest BCUT2D eigenvalue weighted by molar-refractivity contribution is 6.01. The maximum atomic E-state index is 15.0. The zero-order valence-corrected chi connectivity index (χ0v) is 30.8. The molecule has 14 heteroatoms. The van der Waals surface area contributed by atoms with E-state index in [9.17, 15) is 19.2 Å². The summed E-state index contributed by atoms with van der Waals surface area (Å²) in [5, 5.41) is 3.03. The van der Waals surface area contributed by atoms with Crippen molar-refractivity contribution in [2.45, 2.75) is 58.4 Å². The average molecular weight is 741 g/mol. The molecular formula is C40H45FN6O7. The number of morpholine rings is 1. The van der Waals surface area contributed by atoms with E-state index in [-0.39, 0.29) is 79.7 Å². The number of amides is 4. The second-order valence-electron chi connectivity index (χ2n) is 14.3. The molecule has 0 unspecified atom stereocenters. The number of nitrogens with zero attached hydrogens (tertiary/aromatic N) is 5. The van der Waals surface area contributed by atoms with Crippen molar-refractivity contribution in [2.24, 2.45) is 0 Å². The SMILES string of the molecule is CCCN1CC(=O)N[C@@H]2CN(C(=O)Cn3c(C(C)C)nc4ccccc43)C[C@H]2OCc2cc(F)cc(c2)Oc2cc(C(=O)N3CCOCC3)cc(c2)C1=O. The minimum atomic E-state index is -0.626. The molecule has 4 bridgehead atoms. The van der Waals surface area contributed by atoms with Crippen LogP contribution in [-0.4, -0.2) is 113 Å². The molecule has 1 aromatic heterocycles. The van der Waals surface area contributed by atoms with Crippen LogP contribution in [0.5, 0.6) is 11.5 Å². The van der Waals surface area contributed by atoms with Gasteiger partial charge in [-0.1, -0.05) is 32.9 Å². The third-order valence-electron chi connectivity index (χ3n) is 9.90. The van der Waals surface area contributed by atoms with Crippen LogP contribution in [0.25, 0.3) is 11.0 Å². The predicted molar refractivity (Wildman–Crippen MR) is 197 cm³/mol. The van der Waals surface area contributed by atoms with Crippen LogP contribution in [0.1, 0.15) is 65.2 Å². The van der Waals surface area contributed by atoms with Gasteiger partial charge in [-0.2, -0.15) is 0 Å². The maximum Gasteiger partial charge on any atom is 0.254 e. The Bertz CT molecular complexity index is 2060. The number of carbonyl (C=O) groups excluding carboxylic acids is 4. The first-order chi connectivity index (χ1) is 26.1. The van der Waals surface area contributed by atoms with Crippen molar-refractivity contribution in [3.8, 4) is 11.5 Å². The lowest BCUT2D eigenvalue weighted by molar-refractivity contribution is -0.131. The Hall–Kier alpha value is -5.34. The minimum absolute atomic E-state index is 0.0297. The van der Waals surface area contributed by atoms with Gasteiger partial charge < -0.3 is 38.8 Å². The van der Waals surface area contributed by atoms with Crippen molar-refractivity contribution in [1.82, 2.24) is 29.6 Å². The highest BCUT2D eigenvalue weighted by Gasteiger charge is 2.38. The molecule has 0 radical (unpaired) electrons. The fourth-order valence-corrected chi connectivity index (χ4v) is 7.31. The standard InChI is InChI=1S/C40H45FN6O7/c1-4-9-45-22-36(48)42-33-20-46(37(49)23-47-34-8-6-5-7-32(34)43-38(47)25(2)3)21-35(33)53-24-26-14-29(41)19-30(15-26)54-31-17-27(16-28(18-31)40(45)51)39(50)44-10-12-52-13-11-44/h5-8,14-19,25,33,35H,4,9-13,20-24H2,1-3H3,(H,42,48)/t33-,35-/m1/s1. The number of hydrogen-bond acceptors (Lipinski definition) is 8. The minimum Gasteiger partial charge on any atom is -0.457 e. The molecule has 4 aromatic rings. The molecule has 3 aliphatic rings. The first-order valence-corrected chi connectivity index (χ1v) is 18.5. The van der Waals surface area contributed by atoms with Crippen LogP contribution < -0.4 is 10.1 Å². The first kappa shape index (κ1) is 37.0. The molecule has 2 saturated heterocycles. The van der Waals surface area contributed by atoms with Gasteiger partial charge in [0.25, 0.3) is 11.8 Å². The van der Waals surface area contributed by atoms with Gasteiger partial charge in [0.05, 0.1) is 49.5 Å². The number of ether oxygens (including phenoxy) is 3. The number of para-hydroxylation sites is 2. The number of fused-ring (bicyclic) bond motifs is 6. The van der Waals surface area contributed by atoms with E-state index < -0.39 is 29.8 Å². The Labute approximate surface area is 312 Å². The molecule has 4 heterocycles. The number of carbonyl (C=O) groups is 4. The Morgan fingerprint density at radius 2 is 1.76 bits per heavy atom. The van der Waals surface area contributed by atoms with Crippen molar-refractivity contribution in [2.75, 3.05) is 52.5 Å². The number of benzene rings is 3. The third-order valence-corrected chi connectivity index (χ3v) is 9.90. The lowest BCUT2D eigenvalue weighted by Crippen LogP contribution is -2.49. The lowest BCUT2D eigenvalue weighted by Gasteiger charge is -2.28. The summed E-state index contributed by atoms with van der Waals surface area (Å²) in [4.78, 5) is 64.8. The van der Waals surface area contributed by atoms with Gasteiger partial charge >= 0.3 is 0 Å². The third kappa shape index (κ3) is 8.09. The lowest BCUT2D eigenvalue weighted by atomic mass is 10.1. The van der Waals surface area contributed by atoms with Crippen LogP contribution in [0.4, 0.5) is 4.39 Å². The van der Waals surface area contributed by atoms with Gasteiger partial charge in [0.15, 0.2) is 0 Å². The molecule has 3 aliphatic heterocycles. The van der Waals surface area contributed by atoms with E-state index in [1.54, 1.807) is 15.9 Å². The number of nitrogens with one attached hydrogen (secondary N) is 1. The molecule has 284 valence electrons. The molecule has 2 fully saturated rings. The molecule has 13 nitrogen and oxygen atoms in total. The quantitative estimate of drug-likeness (QED) is 0.309. The zero-order chi connectivity index (χ0) is 37.9. The highest BCUT2D eigenvalue weighted by atomic mass is 19.1. The normalized spacial score (nSPS) is 19.5. The van der Waals surface area contributed by atoms with Gasteiger partial charge in [0, 0.05) is 55.8 Å². The smallest absolute Gasteiger partial charge is 0.254 e. The number of halogens is 1. The molecule has 54 heavy (non-hydrogen) atoms. The summed E-state index contributed by atoms with van der Waals surface area (Å²) in [6.07, 6.45) is -0.0566. The summed E-state index contributed by atoms with van der Waals surface area (Å²) in [6.45, 7) is 7.95. The summed E-state index contributed by atoms with van der Waals surface area (Å²) in [6, 6.07) is 15.8. The molecule has 7 rings (SSSR count). The largest absolute Gasteiger partial charge is 0.457 e. The van der Waals surface area contributed by atoms with Crippen LogP contribution >= 0.6 is 0 Å². The molecule has 4 amide bonds. The van der Waals surface area contributed by atoms with Crippen molar-refractivity contribution in [3.63, 3.8) is 0 Å². The molecule has 1 N–H and O–H groups in total. The Kier molecular flexibility index (Phi) is 10.9. The second kappa shape index (κ2) is 15.9. The van der Waals surface area contributed by atoms with Gasteiger partial charge in [-0.15, -0.1) is 0 Å². The molecule has 0 aliphatic carbocycles. The van der Waals surface area contributed by atoms with E-state index in [2.05, 4.69) is 5.32 Å². The second-order valence-corrected chi connectivity index (χ2v) is 14.3. The molecule has 0 spiro atoms. The highest BCUT2D eigenvalue weighted by Crippen LogP contribution is 2.29. The summed E-state index contributed by atoms with van der Waals surface area (Å²) in [7, 11) is 0. The number of aromatic nitrogens is 2. The number of rotatable bonds is 6. The molecule has 0 saturated carbocycles. The van der Waals surface area contributed by atoms with Gasteiger partial charge in [0.2, 0.25) is 11.8 Å². The van der Waals surface area contributed by atoms with Crippen LogP contribution in [0, 0.1) is 5.82 Å². The Morgan fingerprint density at radius 3 is 2.54 bits per heavy atom. The Morgan fingerprint density at radius 1 is 0.981 bits per heavy atom. The van der Waals surface area contributed by atoms with Gasteiger partial charge in [-0.3, -0.25) is 19.2 Å². The van der Waals surface area contributed by atoms with Crippen molar-refractivity contribution < 1.29 is 37.8 Å². The van der Waals surface area contributed by atoms with E-state index in [0.29, 0.717) is 38.3 Å². The Balaban J connectivity index is 1.18. The molecule has 3 aromatic carbocycles. The van der Waals surface area contributed by atoms with E-state index >= 15 is 4.39 Å². The summed E-state index contributed by atoms with van der Waals surface area (Å²) >= 11 is 0. The fourth-order valence-electron chi connectivity index (χ4n) is 7.31. The average Bonchev–Trinajstić information content (AvgIpc) is 3.74. The topological polar surface area (TPSA) is 136 Å². The summed E-state index contributed by atoms with van der Waals surface area (Å²) < 4.78 is 34.8. The van der Waals surface area contributed by atoms with E-state index in [1.165, 1.54) is 35.2 Å². The first-order valence-electron chi connectivity index (χ1n) is 18.5. The number of hydrogen-bond donors (Lipinski definition) is 1. The van der Waals surface area contributed by atoms with Gasteiger partial charge in [-0.25, -0.2) is 9.37 Å². The zero-order valence-electron chi connectivity index (χ0n) is 30.8. The van der Waals surface area contributed by atoms with Crippen LogP contribution in [0.15, 0.2) is 60.7 Å². The maximum absolute atomic E-state index is 15.0. The van der Waals surface area contributed by atoms with Crippen LogP contribution in [0.3, 0.4) is 0 Å². The van der Waals surface area contributed by atoms with E-state index in [1.807, 2.05) is 49.6 Å². The van der Waals surface area contributed by atoms with E-state index in [4.69, 9.17) is 19.2 Å². The van der Waals surface area contributed by atoms with E-state index in [0.717, 1.165) is 16.9 Å².